The first-order chi connectivity index (χ1) is 7.90. The van der Waals surface area contributed by atoms with Crippen molar-refractivity contribution < 1.29 is 9.53 Å². The number of nitrogens with zero attached hydrogens (tertiary/aromatic N) is 2. The van der Waals surface area contributed by atoms with Crippen LogP contribution in [0.15, 0.2) is 4.99 Å². The van der Waals surface area contributed by atoms with Gasteiger partial charge in [0.05, 0.1) is 6.61 Å². The minimum atomic E-state index is -0.654. The molecule has 96 valence electrons. The molecule has 1 saturated heterocycles. The van der Waals surface area contributed by atoms with Crippen molar-refractivity contribution in [3.63, 3.8) is 0 Å². The summed E-state index contributed by atoms with van der Waals surface area (Å²) in [5.41, 5.74) is -0.654. The maximum Gasteiger partial charge on any atom is 0.252 e. The Bertz CT molecular complexity index is 350. The summed E-state index contributed by atoms with van der Waals surface area (Å²) in [7, 11) is 0. The van der Waals surface area contributed by atoms with Crippen molar-refractivity contribution in [3.8, 4) is 0 Å². The molecule has 0 aromatic carbocycles. The van der Waals surface area contributed by atoms with E-state index in [2.05, 4.69) is 29.1 Å². The number of amidine groups is 1. The highest BCUT2D eigenvalue weighted by Crippen LogP contribution is 2.18. The van der Waals surface area contributed by atoms with E-state index in [1.807, 2.05) is 13.8 Å². The van der Waals surface area contributed by atoms with Crippen molar-refractivity contribution >= 4 is 11.7 Å². The third kappa shape index (κ3) is 2.50. The van der Waals surface area contributed by atoms with Crippen molar-refractivity contribution in [3.05, 3.63) is 0 Å². The average molecular weight is 239 g/mol. The van der Waals surface area contributed by atoms with Gasteiger partial charge in [-0.1, -0.05) is 0 Å². The Labute approximate surface area is 102 Å². The van der Waals surface area contributed by atoms with Gasteiger partial charge in [-0.3, -0.25) is 14.7 Å². The predicted molar refractivity (Wildman–Crippen MR) is 66.1 cm³/mol. The third-order valence-corrected chi connectivity index (χ3v) is 3.33. The molecule has 2 rings (SSSR count). The molecule has 17 heavy (non-hydrogen) atoms. The van der Waals surface area contributed by atoms with Gasteiger partial charge in [-0.25, -0.2) is 0 Å². The second-order valence-electron chi connectivity index (χ2n) is 5.46. The van der Waals surface area contributed by atoms with E-state index in [0.717, 1.165) is 13.1 Å². The van der Waals surface area contributed by atoms with Crippen molar-refractivity contribution in [1.82, 2.24) is 10.2 Å². The number of nitrogens with one attached hydrogen (secondary N) is 1. The molecule has 0 aromatic rings. The van der Waals surface area contributed by atoms with Crippen LogP contribution in [0, 0.1) is 0 Å². The van der Waals surface area contributed by atoms with Gasteiger partial charge in [0, 0.05) is 19.1 Å². The fourth-order valence-electron chi connectivity index (χ4n) is 2.11. The van der Waals surface area contributed by atoms with Crippen LogP contribution in [0.1, 0.15) is 27.7 Å². The SMILES string of the molecule is CC(C)N1CCOC(C2=NC(C)(C)C(=O)N2)C1. The minimum Gasteiger partial charge on any atom is -0.368 e. The monoisotopic (exact) mass is 239 g/mol. The van der Waals surface area contributed by atoms with Crippen LogP contribution in [-0.4, -0.2) is 54.0 Å². The first kappa shape index (κ1) is 12.5. The van der Waals surface area contributed by atoms with Crippen LogP contribution in [-0.2, 0) is 9.53 Å². The van der Waals surface area contributed by atoms with Crippen LogP contribution in [0.25, 0.3) is 0 Å². The topological polar surface area (TPSA) is 53.9 Å². The lowest BCUT2D eigenvalue weighted by Gasteiger charge is -2.35. The maximum atomic E-state index is 11.7. The molecule has 1 atom stereocenters. The number of carbonyl (C=O) groups excluding carboxylic acids is 1. The molecule has 0 bridgehead atoms. The Morgan fingerprint density at radius 1 is 1.53 bits per heavy atom. The van der Waals surface area contributed by atoms with Gasteiger partial charge in [0.15, 0.2) is 0 Å². The van der Waals surface area contributed by atoms with Gasteiger partial charge in [0.25, 0.3) is 5.91 Å². The lowest BCUT2D eigenvalue weighted by Crippen LogP contribution is -2.51. The van der Waals surface area contributed by atoms with Gasteiger partial charge >= 0.3 is 0 Å². The minimum absolute atomic E-state index is 0.0437. The molecular formula is C12H21N3O2. The number of rotatable bonds is 2. The molecule has 0 radical (unpaired) electrons. The van der Waals surface area contributed by atoms with E-state index in [0.29, 0.717) is 18.5 Å². The highest BCUT2D eigenvalue weighted by molar-refractivity contribution is 6.09. The molecule has 2 aliphatic heterocycles. The predicted octanol–water partition coefficient (Wildman–Crippen LogP) is 0.403. The standard InChI is InChI=1S/C12H21N3O2/c1-8(2)15-5-6-17-9(7-15)10-13-11(16)12(3,4)14-10/h8-9H,5-7H2,1-4H3,(H,13,14,16). The number of carbonyl (C=O) groups is 1. The van der Waals surface area contributed by atoms with E-state index in [9.17, 15) is 4.79 Å². The van der Waals surface area contributed by atoms with Crippen LogP contribution in [0.5, 0.6) is 0 Å². The van der Waals surface area contributed by atoms with Gasteiger partial charge in [0.1, 0.15) is 17.5 Å². The summed E-state index contributed by atoms with van der Waals surface area (Å²) >= 11 is 0. The molecule has 0 aromatic heterocycles. The summed E-state index contributed by atoms with van der Waals surface area (Å²) in [4.78, 5) is 18.4. The molecule has 0 spiro atoms. The molecule has 2 heterocycles. The first-order valence-corrected chi connectivity index (χ1v) is 6.17. The Morgan fingerprint density at radius 2 is 2.24 bits per heavy atom. The summed E-state index contributed by atoms with van der Waals surface area (Å²) in [6.07, 6.45) is -0.100. The number of hydrogen-bond donors (Lipinski definition) is 1. The second kappa shape index (κ2) is 4.38. The summed E-state index contributed by atoms with van der Waals surface area (Å²) < 4.78 is 5.70. The average Bonchev–Trinajstić information content (AvgIpc) is 2.54. The van der Waals surface area contributed by atoms with Crippen LogP contribution in [0.2, 0.25) is 0 Å². The third-order valence-electron chi connectivity index (χ3n) is 3.33. The number of aliphatic imine (C=N–C) groups is 1. The van der Waals surface area contributed by atoms with Crippen LogP contribution in [0.3, 0.4) is 0 Å². The fourth-order valence-corrected chi connectivity index (χ4v) is 2.11. The highest BCUT2D eigenvalue weighted by Gasteiger charge is 2.38. The molecule has 1 amide bonds. The zero-order valence-electron chi connectivity index (χ0n) is 11.0. The molecule has 5 heteroatoms. The van der Waals surface area contributed by atoms with Crippen molar-refractivity contribution in [2.75, 3.05) is 19.7 Å². The normalized spacial score (nSPS) is 29.4. The van der Waals surface area contributed by atoms with E-state index in [1.165, 1.54) is 0 Å². The van der Waals surface area contributed by atoms with E-state index in [4.69, 9.17) is 4.74 Å². The molecule has 2 aliphatic rings. The zero-order chi connectivity index (χ0) is 12.6. The number of ether oxygens (including phenoxy) is 1. The highest BCUT2D eigenvalue weighted by atomic mass is 16.5. The van der Waals surface area contributed by atoms with E-state index < -0.39 is 5.54 Å². The molecule has 1 N–H and O–H groups in total. The molecule has 5 nitrogen and oxygen atoms in total. The zero-order valence-corrected chi connectivity index (χ0v) is 11.0. The Hall–Kier alpha value is -0.940. The molecular weight excluding hydrogens is 218 g/mol. The molecule has 1 unspecified atom stereocenters. The number of amides is 1. The summed E-state index contributed by atoms with van der Waals surface area (Å²) in [6.45, 7) is 10.4. The number of hydrogen-bond acceptors (Lipinski definition) is 4. The molecule has 0 aliphatic carbocycles. The first-order valence-electron chi connectivity index (χ1n) is 6.17. The largest absolute Gasteiger partial charge is 0.368 e. The van der Waals surface area contributed by atoms with Crippen LogP contribution < -0.4 is 5.32 Å². The Balaban J connectivity index is 2.06. The molecule has 0 saturated carbocycles. The number of morpholine rings is 1. The second-order valence-corrected chi connectivity index (χ2v) is 5.46. The summed E-state index contributed by atoms with van der Waals surface area (Å²) in [5, 5.41) is 2.83. The van der Waals surface area contributed by atoms with Crippen LogP contribution >= 0.6 is 0 Å². The van der Waals surface area contributed by atoms with Gasteiger partial charge in [-0.2, -0.15) is 0 Å². The van der Waals surface area contributed by atoms with Gasteiger partial charge < -0.3 is 10.1 Å². The van der Waals surface area contributed by atoms with Crippen molar-refractivity contribution in [1.29, 1.82) is 0 Å². The quantitative estimate of drug-likeness (QED) is 0.759. The Morgan fingerprint density at radius 3 is 2.76 bits per heavy atom. The van der Waals surface area contributed by atoms with E-state index >= 15 is 0 Å². The smallest absolute Gasteiger partial charge is 0.252 e. The van der Waals surface area contributed by atoms with Crippen molar-refractivity contribution in [2.45, 2.75) is 45.4 Å². The van der Waals surface area contributed by atoms with Gasteiger partial charge in [-0.05, 0) is 27.7 Å². The summed E-state index contributed by atoms with van der Waals surface area (Å²) in [5.74, 6) is 0.642. The molecule has 1 fully saturated rings. The van der Waals surface area contributed by atoms with E-state index in [1.54, 1.807) is 0 Å². The lowest BCUT2D eigenvalue weighted by molar-refractivity contribution is -0.122. The van der Waals surface area contributed by atoms with Crippen LogP contribution in [0.4, 0.5) is 0 Å². The maximum absolute atomic E-state index is 11.7. The Kier molecular flexibility index (Phi) is 3.23. The summed E-state index contributed by atoms with van der Waals surface area (Å²) in [6, 6.07) is 0.493. The van der Waals surface area contributed by atoms with Crippen molar-refractivity contribution in [2.24, 2.45) is 4.99 Å². The fraction of sp³-hybridized carbons (Fsp3) is 0.833. The lowest BCUT2D eigenvalue weighted by atomic mass is 10.1. The van der Waals surface area contributed by atoms with E-state index in [-0.39, 0.29) is 12.0 Å². The van der Waals surface area contributed by atoms with Gasteiger partial charge in [0.2, 0.25) is 0 Å². The van der Waals surface area contributed by atoms with Gasteiger partial charge in [-0.15, -0.1) is 0 Å².